The third-order valence-electron chi connectivity index (χ3n) is 5.62. The predicted octanol–water partition coefficient (Wildman–Crippen LogP) is 2.27. The summed E-state index contributed by atoms with van der Waals surface area (Å²) in [5.74, 6) is 0.0336. The third kappa shape index (κ3) is 6.07. The summed E-state index contributed by atoms with van der Waals surface area (Å²) in [6, 6.07) is 6.54. The summed E-state index contributed by atoms with van der Waals surface area (Å²) in [5, 5.41) is 16.5. The molecule has 158 valence electrons. The Morgan fingerprint density at radius 1 is 1.03 bits per heavy atom. The van der Waals surface area contributed by atoms with Crippen molar-refractivity contribution in [2.24, 2.45) is 0 Å². The molecule has 2 fully saturated rings. The van der Waals surface area contributed by atoms with Crippen LogP contribution in [0.4, 0.5) is 16.2 Å². The molecule has 0 spiro atoms. The first-order valence-corrected chi connectivity index (χ1v) is 10.3. The van der Waals surface area contributed by atoms with Gasteiger partial charge in [-0.2, -0.15) is 0 Å². The molecule has 0 radical (unpaired) electrons. The number of nitro groups is 1. The molecule has 1 aromatic carbocycles. The molecule has 0 unspecified atom stereocenters. The summed E-state index contributed by atoms with van der Waals surface area (Å²) >= 11 is 0. The number of hydrogen-bond donors (Lipinski definition) is 2. The number of carbonyl (C=O) groups excluding carboxylic acids is 2. The van der Waals surface area contributed by atoms with Crippen molar-refractivity contribution in [2.45, 2.75) is 44.6 Å². The monoisotopic (exact) mass is 403 g/mol. The molecule has 1 aliphatic carbocycles. The topological polar surface area (TPSA) is 108 Å². The highest BCUT2D eigenvalue weighted by atomic mass is 16.6. The molecule has 3 amide bonds. The normalized spacial score (nSPS) is 17.7. The number of urea groups is 1. The predicted molar refractivity (Wildman–Crippen MR) is 110 cm³/mol. The second kappa shape index (κ2) is 10.1. The van der Waals surface area contributed by atoms with E-state index in [-0.39, 0.29) is 30.1 Å². The molecule has 0 aromatic heterocycles. The van der Waals surface area contributed by atoms with Crippen LogP contribution in [0.15, 0.2) is 24.3 Å². The zero-order valence-electron chi connectivity index (χ0n) is 16.6. The summed E-state index contributed by atoms with van der Waals surface area (Å²) in [6.07, 6.45) is 5.92. The van der Waals surface area contributed by atoms with E-state index in [0.29, 0.717) is 32.7 Å². The van der Waals surface area contributed by atoms with Gasteiger partial charge < -0.3 is 20.4 Å². The number of hydrogen-bond acceptors (Lipinski definition) is 5. The minimum absolute atomic E-state index is 0.0336. The lowest BCUT2D eigenvalue weighted by molar-refractivity contribution is -0.384. The number of non-ortho nitro benzene ring substituents is 1. The highest BCUT2D eigenvalue weighted by Gasteiger charge is 2.22. The highest BCUT2D eigenvalue weighted by Crippen LogP contribution is 2.21. The van der Waals surface area contributed by atoms with Crippen LogP contribution in [0.2, 0.25) is 0 Å². The van der Waals surface area contributed by atoms with Crippen molar-refractivity contribution in [1.29, 1.82) is 0 Å². The molecule has 1 saturated carbocycles. The van der Waals surface area contributed by atoms with Crippen LogP contribution in [0.1, 0.15) is 38.5 Å². The Bertz CT molecular complexity index is 710. The van der Waals surface area contributed by atoms with Crippen molar-refractivity contribution in [2.75, 3.05) is 37.6 Å². The lowest BCUT2D eigenvalue weighted by atomic mass is 9.96. The molecule has 1 heterocycles. The zero-order valence-corrected chi connectivity index (χ0v) is 16.6. The maximum Gasteiger partial charge on any atom is 0.315 e. The third-order valence-corrected chi connectivity index (χ3v) is 5.62. The van der Waals surface area contributed by atoms with E-state index in [1.165, 1.54) is 18.6 Å². The average molecular weight is 403 g/mol. The van der Waals surface area contributed by atoms with Gasteiger partial charge in [0.2, 0.25) is 5.91 Å². The van der Waals surface area contributed by atoms with Crippen LogP contribution in [-0.4, -0.2) is 60.5 Å². The Balaban J connectivity index is 1.35. The fourth-order valence-corrected chi connectivity index (χ4v) is 3.92. The molecule has 1 saturated heterocycles. The number of carbonyl (C=O) groups is 2. The molecule has 29 heavy (non-hydrogen) atoms. The summed E-state index contributed by atoms with van der Waals surface area (Å²) in [6.45, 7) is 2.90. The Labute approximate surface area is 170 Å². The molecule has 0 atom stereocenters. The fraction of sp³-hybridized carbons (Fsp3) is 0.600. The van der Waals surface area contributed by atoms with Crippen molar-refractivity contribution in [3.05, 3.63) is 34.4 Å². The van der Waals surface area contributed by atoms with E-state index in [9.17, 15) is 19.7 Å². The van der Waals surface area contributed by atoms with Crippen LogP contribution in [0.25, 0.3) is 0 Å². The number of benzene rings is 1. The number of nitrogens with one attached hydrogen (secondary N) is 2. The zero-order chi connectivity index (χ0) is 20.6. The SMILES string of the molecule is O=C(NCCC(=O)N1CCN(c2ccc([N+](=O)[O-])cc2)CC1)NC1CCCCC1. The van der Waals surface area contributed by atoms with Gasteiger partial charge in [-0.05, 0) is 25.0 Å². The van der Waals surface area contributed by atoms with Crippen molar-refractivity contribution < 1.29 is 14.5 Å². The molecule has 2 N–H and O–H groups in total. The number of piperazine rings is 1. The number of nitro benzene ring substituents is 1. The molecule has 9 heteroatoms. The first kappa shape index (κ1) is 20.9. The van der Waals surface area contributed by atoms with Gasteiger partial charge in [-0.25, -0.2) is 4.79 Å². The Kier molecular flexibility index (Phi) is 7.26. The minimum Gasteiger partial charge on any atom is -0.368 e. The van der Waals surface area contributed by atoms with E-state index >= 15 is 0 Å². The quantitative estimate of drug-likeness (QED) is 0.560. The maximum absolute atomic E-state index is 12.4. The fourth-order valence-electron chi connectivity index (χ4n) is 3.92. The summed E-state index contributed by atoms with van der Waals surface area (Å²) in [7, 11) is 0. The van der Waals surface area contributed by atoms with Crippen molar-refractivity contribution in [3.63, 3.8) is 0 Å². The van der Waals surface area contributed by atoms with E-state index in [1.54, 1.807) is 12.1 Å². The van der Waals surface area contributed by atoms with Crippen LogP contribution < -0.4 is 15.5 Å². The summed E-state index contributed by atoms with van der Waals surface area (Å²) < 4.78 is 0. The Morgan fingerprint density at radius 3 is 2.31 bits per heavy atom. The van der Waals surface area contributed by atoms with Gasteiger partial charge in [0.25, 0.3) is 5.69 Å². The van der Waals surface area contributed by atoms with Crippen molar-refractivity contribution >= 4 is 23.3 Å². The second-order valence-corrected chi connectivity index (χ2v) is 7.63. The smallest absolute Gasteiger partial charge is 0.315 e. The van der Waals surface area contributed by atoms with Crippen LogP contribution in [0.3, 0.4) is 0 Å². The van der Waals surface area contributed by atoms with Crippen molar-refractivity contribution in [1.82, 2.24) is 15.5 Å². The van der Waals surface area contributed by atoms with Gasteiger partial charge in [-0.15, -0.1) is 0 Å². The molecule has 9 nitrogen and oxygen atoms in total. The Hall–Kier alpha value is -2.84. The molecule has 1 aliphatic heterocycles. The lowest BCUT2D eigenvalue weighted by Crippen LogP contribution is -2.49. The van der Waals surface area contributed by atoms with Gasteiger partial charge in [0, 0.05) is 63.0 Å². The van der Waals surface area contributed by atoms with Crippen molar-refractivity contribution in [3.8, 4) is 0 Å². The van der Waals surface area contributed by atoms with Crippen LogP contribution in [0.5, 0.6) is 0 Å². The molecule has 2 aliphatic rings. The molecule has 0 bridgehead atoms. The molecule has 1 aromatic rings. The van der Waals surface area contributed by atoms with Gasteiger partial charge >= 0.3 is 6.03 Å². The van der Waals surface area contributed by atoms with E-state index in [4.69, 9.17) is 0 Å². The molecular formula is C20H29N5O4. The number of rotatable bonds is 6. The first-order chi connectivity index (χ1) is 14.0. The van der Waals surface area contributed by atoms with Crippen LogP contribution in [0, 0.1) is 10.1 Å². The molecular weight excluding hydrogens is 374 g/mol. The van der Waals surface area contributed by atoms with Crippen LogP contribution in [-0.2, 0) is 4.79 Å². The maximum atomic E-state index is 12.4. The van der Waals surface area contributed by atoms with E-state index < -0.39 is 4.92 Å². The standard InChI is InChI=1S/C20H29N5O4/c26-19(10-11-21-20(27)22-16-4-2-1-3-5-16)24-14-12-23(13-15-24)17-6-8-18(9-7-17)25(28)29/h6-9,16H,1-5,10-15H2,(H2,21,22,27). The number of nitrogens with zero attached hydrogens (tertiary/aromatic N) is 3. The summed E-state index contributed by atoms with van der Waals surface area (Å²) in [4.78, 5) is 38.6. The van der Waals surface area contributed by atoms with E-state index in [2.05, 4.69) is 15.5 Å². The van der Waals surface area contributed by atoms with Gasteiger partial charge in [0.05, 0.1) is 4.92 Å². The Morgan fingerprint density at radius 2 is 1.69 bits per heavy atom. The van der Waals surface area contributed by atoms with E-state index in [0.717, 1.165) is 31.4 Å². The largest absolute Gasteiger partial charge is 0.368 e. The van der Waals surface area contributed by atoms with Gasteiger partial charge in [-0.1, -0.05) is 19.3 Å². The first-order valence-electron chi connectivity index (χ1n) is 10.3. The van der Waals surface area contributed by atoms with E-state index in [1.807, 2.05) is 4.90 Å². The van der Waals surface area contributed by atoms with Gasteiger partial charge in [-0.3, -0.25) is 14.9 Å². The lowest BCUT2D eigenvalue weighted by Gasteiger charge is -2.36. The number of anilines is 1. The molecule has 3 rings (SSSR count). The highest BCUT2D eigenvalue weighted by molar-refractivity contribution is 5.78. The minimum atomic E-state index is -0.413. The number of amides is 3. The van der Waals surface area contributed by atoms with Gasteiger partial charge in [0.15, 0.2) is 0 Å². The summed E-state index contributed by atoms with van der Waals surface area (Å²) in [5.41, 5.74) is 0.992. The van der Waals surface area contributed by atoms with Gasteiger partial charge in [0.1, 0.15) is 0 Å². The average Bonchev–Trinajstić information content (AvgIpc) is 2.74. The second-order valence-electron chi connectivity index (χ2n) is 7.63. The van der Waals surface area contributed by atoms with Crippen LogP contribution >= 0.6 is 0 Å².